The van der Waals surface area contributed by atoms with E-state index >= 15 is 0 Å². The number of anilines is 1. The van der Waals surface area contributed by atoms with Crippen LogP contribution in [-0.4, -0.2) is 41.3 Å². The highest BCUT2D eigenvalue weighted by Crippen LogP contribution is 2.16. The Labute approximate surface area is 182 Å². The summed E-state index contributed by atoms with van der Waals surface area (Å²) in [7, 11) is 4.05. The quantitative estimate of drug-likeness (QED) is 0.454. The summed E-state index contributed by atoms with van der Waals surface area (Å²) in [4.78, 5) is 22.0. The van der Waals surface area contributed by atoms with Crippen molar-refractivity contribution in [3.8, 4) is 0 Å². The summed E-state index contributed by atoms with van der Waals surface area (Å²) in [6, 6.07) is 14.3. The second-order valence-corrected chi connectivity index (χ2v) is 8.65. The van der Waals surface area contributed by atoms with Gasteiger partial charge in [0.2, 0.25) is 5.95 Å². The highest BCUT2D eigenvalue weighted by atomic mass is 32.2. The molecule has 0 bridgehead atoms. The Kier molecular flexibility index (Phi) is 8.16. The van der Waals surface area contributed by atoms with Gasteiger partial charge >= 0.3 is 0 Å². The number of benzene rings is 1. The standard InChI is InChI=1S/C23H30N4O2S/c1-17-21(12-9-18-7-5-4-6-8-18)22(28)26-23(25-17)24-13-14-30-16-20-11-10-19(29-20)15-27(2)3/h4-8,10-11H,9,12-16H2,1-3H3,(H2,24,25,26,28). The van der Waals surface area contributed by atoms with Crippen LogP contribution in [0.2, 0.25) is 0 Å². The largest absolute Gasteiger partial charge is 0.464 e. The molecule has 0 unspecified atom stereocenters. The number of furan rings is 1. The molecule has 0 saturated heterocycles. The van der Waals surface area contributed by atoms with Gasteiger partial charge in [-0.1, -0.05) is 30.3 Å². The third-order valence-electron chi connectivity index (χ3n) is 4.70. The van der Waals surface area contributed by atoms with E-state index in [-0.39, 0.29) is 5.56 Å². The summed E-state index contributed by atoms with van der Waals surface area (Å²) >= 11 is 1.79. The number of nitrogens with one attached hydrogen (secondary N) is 2. The van der Waals surface area contributed by atoms with Gasteiger partial charge in [-0.15, -0.1) is 0 Å². The molecule has 6 nitrogen and oxygen atoms in total. The summed E-state index contributed by atoms with van der Waals surface area (Å²) in [6.45, 7) is 3.44. The zero-order valence-electron chi connectivity index (χ0n) is 17.9. The molecule has 0 aliphatic rings. The molecule has 3 rings (SSSR count). The van der Waals surface area contributed by atoms with Crippen LogP contribution < -0.4 is 10.9 Å². The zero-order valence-corrected chi connectivity index (χ0v) is 18.7. The maximum absolute atomic E-state index is 12.5. The first-order chi connectivity index (χ1) is 14.5. The van der Waals surface area contributed by atoms with Crippen LogP contribution in [0.15, 0.2) is 51.7 Å². The van der Waals surface area contributed by atoms with Crippen molar-refractivity contribution in [3.05, 3.63) is 81.2 Å². The van der Waals surface area contributed by atoms with Crippen molar-refractivity contribution in [3.63, 3.8) is 0 Å². The molecule has 3 aromatic rings. The molecule has 30 heavy (non-hydrogen) atoms. The van der Waals surface area contributed by atoms with Crippen molar-refractivity contribution in [1.82, 2.24) is 14.9 Å². The Bertz CT molecular complexity index is 982. The minimum absolute atomic E-state index is 0.0578. The van der Waals surface area contributed by atoms with E-state index in [9.17, 15) is 4.79 Å². The molecule has 0 aliphatic carbocycles. The average Bonchev–Trinajstić information content (AvgIpc) is 3.14. The molecule has 160 valence electrons. The second-order valence-electron chi connectivity index (χ2n) is 7.55. The summed E-state index contributed by atoms with van der Waals surface area (Å²) in [5.74, 6) is 4.23. The monoisotopic (exact) mass is 426 g/mol. The molecule has 2 N–H and O–H groups in total. The van der Waals surface area contributed by atoms with Crippen molar-refractivity contribution in [2.75, 3.05) is 31.7 Å². The van der Waals surface area contributed by atoms with Crippen LogP contribution in [0.1, 0.15) is 28.3 Å². The number of H-pyrrole nitrogens is 1. The van der Waals surface area contributed by atoms with Gasteiger partial charge in [0.1, 0.15) is 11.5 Å². The van der Waals surface area contributed by atoms with E-state index < -0.39 is 0 Å². The van der Waals surface area contributed by atoms with Crippen LogP contribution in [0.3, 0.4) is 0 Å². The second kappa shape index (κ2) is 11.0. The van der Waals surface area contributed by atoms with Crippen molar-refractivity contribution in [2.45, 2.75) is 32.1 Å². The number of aryl methyl sites for hydroxylation is 2. The van der Waals surface area contributed by atoms with Crippen LogP contribution in [0.25, 0.3) is 0 Å². The summed E-state index contributed by atoms with van der Waals surface area (Å²) < 4.78 is 5.82. The first-order valence-corrected chi connectivity index (χ1v) is 11.3. The minimum atomic E-state index is -0.0578. The number of aromatic amines is 1. The molecule has 2 heterocycles. The van der Waals surface area contributed by atoms with Crippen molar-refractivity contribution < 1.29 is 4.42 Å². The van der Waals surface area contributed by atoms with Gasteiger partial charge in [0.15, 0.2) is 0 Å². The third-order valence-corrected chi connectivity index (χ3v) is 5.68. The average molecular weight is 427 g/mol. The summed E-state index contributed by atoms with van der Waals surface area (Å²) in [5, 5.41) is 3.22. The number of hydrogen-bond donors (Lipinski definition) is 2. The lowest BCUT2D eigenvalue weighted by Crippen LogP contribution is -2.20. The van der Waals surface area contributed by atoms with Gasteiger partial charge in [-0.3, -0.25) is 9.78 Å². The summed E-state index contributed by atoms with van der Waals surface area (Å²) in [5.41, 5.74) is 2.71. The van der Waals surface area contributed by atoms with Crippen LogP contribution in [0.5, 0.6) is 0 Å². The molecule has 0 saturated carbocycles. The molecule has 0 fully saturated rings. The van der Waals surface area contributed by atoms with Crippen LogP contribution >= 0.6 is 11.8 Å². The lowest BCUT2D eigenvalue weighted by molar-refractivity contribution is 0.344. The van der Waals surface area contributed by atoms with Crippen LogP contribution in [0, 0.1) is 6.92 Å². The van der Waals surface area contributed by atoms with E-state index in [0.29, 0.717) is 12.4 Å². The van der Waals surface area contributed by atoms with Crippen molar-refractivity contribution in [2.24, 2.45) is 0 Å². The summed E-state index contributed by atoms with van der Waals surface area (Å²) in [6.07, 6.45) is 1.52. The maximum atomic E-state index is 12.5. The Morgan fingerprint density at radius 3 is 2.60 bits per heavy atom. The van der Waals surface area contributed by atoms with Crippen LogP contribution in [-0.2, 0) is 25.1 Å². The number of thioether (sulfide) groups is 1. The third kappa shape index (κ3) is 6.78. The number of hydrogen-bond acceptors (Lipinski definition) is 6. The van der Waals surface area contributed by atoms with Crippen molar-refractivity contribution >= 4 is 17.7 Å². The maximum Gasteiger partial charge on any atom is 0.255 e. The fraction of sp³-hybridized carbons (Fsp3) is 0.391. The lowest BCUT2D eigenvalue weighted by Gasteiger charge is -2.09. The molecule has 0 atom stereocenters. The van der Waals surface area contributed by atoms with Gasteiger partial charge in [-0.25, -0.2) is 4.98 Å². The smallest absolute Gasteiger partial charge is 0.255 e. The highest BCUT2D eigenvalue weighted by Gasteiger charge is 2.09. The highest BCUT2D eigenvalue weighted by molar-refractivity contribution is 7.98. The number of aromatic nitrogens is 2. The van der Waals surface area contributed by atoms with E-state index in [4.69, 9.17) is 4.42 Å². The topological polar surface area (TPSA) is 74.2 Å². The van der Waals surface area contributed by atoms with E-state index in [1.165, 1.54) is 5.56 Å². The van der Waals surface area contributed by atoms with E-state index in [1.54, 1.807) is 11.8 Å². The zero-order chi connectivity index (χ0) is 21.3. The Balaban J connectivity index is 1.43. The molecule has 0 radical (unpaired) electrons. The normalized spacial score (nSPS) is 11.2. The van der Waals surface area contributed by atoms with Gasteiger partial charge in [-0.05, 0) is 51.6 Å². The Hall–Kier alpha value is -2.51. The number of nitrogens with zero attached hydrogens (tertiary/aromatic N) is 2. The first kappa shape index (κ1) is 22.2. The van der Waals surface area contributed by atoms with Gasteiger partial charge in [-0.2, -0.15) is 11.8 Å². The number of rotatable bonds is 11. The van der Waals surface area contributed by atoms with E-state index in [0.717, 1.165) is 53.8 Å². The Morgan fingerprint density at radius 1 is 1.10 bits per heavy atom. The Morgan fingerprint density at radius 2 is 1.87 bits per heavy atom. The van der Waals surface area contributed by atoms with Gasteiger partial charge < -0.3 is 14.6 Å². The first-order valence-electron chi connectivity index (χ1n) is 10.2. The van der Waals surface area contributed by atoms with Crippen LogP contribution in [0.4, 0.5) is 5.95 Å². The van der Waals surface area contributed by atoms with Gasteiger partial charge in [0.25, 0.3) is 5.56 Å². The molecule has 0 aliphatic heterocycles. The molecular weight excluding hydrogens is 396 g/mol. The van der Waals surface area contributed by atoms with E-state index in [1.807, 2.05) is 51.4 Å². The molecule has 0 spiro atoms. The fourth-order valence-corrected chi connectivity index (χ4v) is 3.96. The molecule has 2 aromatic heterocycles. The molecule has 1 aromatic carbocycles. The minimum Gasteiger partial charge on any atom is -0.464 e. The van der Waals surface area contributed by atoms with Crippen molar-refractivity contribution in [1.29, 1.82) is 0 Å². The molecule has 7 heteroatoms. The van der Waals surface area contributed by atoms with Gasteiger partial charge in [0, 0.05) is 23.6 Å². The molecule has 0 amide bonds. The SMILES string of the molecule is Cc1nc(NCCSCc2ccc(CN(C)C)o2)[nH]c(=O)c1CCc1ccccc1. The fourth-order valence-electron chi connectivity index (χ4n) is 3.21. The predicted molar refractivity (Wildman–Crippen MR) is 124 cm³/mol. The molecular formula is C23H30N4O2S. The lowest BCUT2D eigenvalue weighted by atomic mass is 10.0. The van der Waals surface area contributed by atoms with Gasteiger partial charge in [0.05, 0.1) is 12.3 Å². The predicted octanol–water partition coefficient (Wildman–Crippen LogP) is 3.86. The van der Waals surface area contributed by atoms with E-state index in [2.05, 4.69) is 32.3 Å².